The van der Waals surface area contributed by atoms with Crippen LogP contribution >= 0.6 is 21.4 Å². The van der Waals surface area contributed by atoms with E-state index in [1.807, 2.05) is 200 Å². The molecule has 8 heteroatoms. The van der Waals surface area contributed by atoms with Crippen molar-refractivity contribution in [2.45, 2.75) is 0 Å². The van der Waals surface area contributed by atoms with Crippen LogP contribution in [-0.2, 0) is 13.7 Å². The van der Waals surface area contributed by atoms with Crippen molar-refractivity contribution in [2.75, 3.05) is 0 Å². The van der Waals surface area contributed by atoms with Gasteiger partial charge in [-0.1, -0.05) is 206 Å². The topological polar surface area (TPSA) is 61.1 Å². The molecule has 0 saturated heterocycles. The van der Waals surface area contributed by atoms with Gasteiger partial charge in [0.2, 0.25) is 0 Å². The second-order valence-electron chi connectivity index (χ2n) is 18.7. The average molecular weight is 1010 g/mol. The van der Waals surface area contributed by atoms with Crippen molar-refractivity contribution < 1.29 is 13.7 Å². The summed E-state index contributed by atoms with van der Waals surface area (Å²) in [5, 5.41) is 10.6. The third-order valence-corrected chi connectivity index (χ3v) is 23.7. The number of benzene rings is 11. The van der Waals surface area contributed by atoms with Crippen molar-refractivity contribution in [1.82, 2.24) is 9.13 Å². The van der Waals surface area contributed by atoms with Crippen molar-refractivity contribution >= 4 is 113 Å². The first-order chi connectivity index (χ1) is 36.3. The third-order valence-electron chi connectivity index (χ3n) is 14.5. The maximum absolute atomic E-state index is 16.0. The van der Waals surface area contributed by atoms with Gasteiger partial charge in [0.05, 0.1) is 22.1 Å². The van der Waals surface area contributed by atoms with Gasteiger partial charge in [0.1, 0.15) is 0 Å². The van der Waals surface area contributed by atoms with E-state index in [0.717, 1.165) is 92.1 Å². The Bertz CT molecular complexity index is 4100. The van der Waals surface area contributed by atoms with Crippen molar-refractivity contribution in [3.8, 4) is 11.4 Å². The second-order valence-corrected chi connectivity index (χ2v) is 27.0. The Balaban J connectivity index is 1.04. The molecule has 74 heavy (non-hydrogen) atoms. The molecule has 2 aromatic heterocycles. The van der Waals surface area contributed by atoms with Crippen LogP contribution in [-0.4, -0.2) is 9.13 Å². The van der Waals surface area contributed by atoms with Gasteiger partial charge in [-0.2, -0.15) is 0 Å². The van der Waals surface area contributed by atoms with Gasteiger partial charge in [0.25, 0.3) is 0 Å². The summed E-state index contributed by atoms with van der Waals surface area (Å²) in [6.07, 6.45) is 0. The van der Waals surface area contributed by atoms with Crippen LogP contribution in [0.2, 0.25) is 0 Å². The molecule has 13 aromatic rings. The Morgan fingerprint density at radius 3 is 0.770 bits per heavy atom. The minimum Gasteiger partial charge on any atom is -0.309 e. The van der Waals surface area contributed by atoms with E-state index in [2.05, 4.69) is 94.1 Å². The smallest absolute Gasteiger partial charge is 0.171 e. The Hall–Kier alpha value is -8.29. The van der Waals surface area contributed by atoms with E-state index in [0.29, 0.717) is 10.6 Å². The van der Waals surface area contributed by atoms with Crippen LogP contribution in [0.5, 0.6) is 0 Å². The molecule has 0 radical (unpaired) electrons. The summed E-state index contributed by atoms with van der Waals surface area (Å²) in [5.41, 5.74) is 5.74. The highest BCUT2D eigenvalue weighted by Crippen LogP contribution is 2.48. The molecule has 11 aromatic carbocycles. The quantitative estimate of drug-likeness (QED) is 0.121. The summed E-state index contributed by atoms with van der Waals surface area (Å²) in [6.45, 7) is 0. The average Bonchev–Trinajstić information content (AvgIpc) is 4.00. The lowest BCUT2D eigenvalue weighted by Crippen LogP contribution is -2.25. The number of rotatable bonds is 11. The Labute approximate surface area is 429 Å². The number of hydrogen-bond donors (Lipinski definition) is 0. The first kappa shape index (κ1) is 45.6. The highest BCUT2D eigenvalue weighted by atomic mass is 31.2. The SMILES string of the molecule is O=P(c1ccccc1)(c1ccccc1)c1ccc2c(c1)c1ccccc1n2-c1cccc(-n2c3ccc(P(=O)(c4ccccc4)c4ccccc4)cc3c3cc(P(=O)(c4ccccc4)c4ccccc4)ccc32)c1. The summed E-state index contributed by atoms with van der Waals surface area (Å²) in [4.78, 5) is 0. The lowest BCUT2D eigenvalue weighted by atomic mass is 10.1. The van der Waals surface area contributed by atoms with Crippen LogP contribution in [0.4, 0.5) is 0 Å². The summed E-state index contributed by atoms with van der Waals surface area (Å²) in [5.74, 6) is 0. The van der Waals surface area contributed by atoms with E-state index in [9.17, 15) is 0 Å². The Morgan fingerprint density at radius 2 is 0.459 bits per heavy atom. The zero-order valence-electron chi connectivity index (χ0n) is 40.1. The number of para-hydroxylation sites is 1. The predicted octanol–water partition coefficient (Wildman–Crippen LogP) is 12.8. The van der Waals surface area contributed by atoms with Gasteiger partial charge < -0.3 is 22.8 Å². The van der Waals surface area contributed by atoms with Crippen molar-refractivity contribution in [2.24, 2.45) is 0 Å². The minimum atomic E-state index is -3.38. The van der Waals surface area contributed by atoms with Crippen molar-refractivity contribution in [3.05, 3.63) is 285 Å². The highest BCUT2D eigenvalue weighted by molar-refractivity contribution is 7.86. The van der Waals surface area contributed by atoms with E-state index in [1.54, 1.807) is 0 Å². The molecular formula is C66H47N2O3P3. The van der Waals surface area contributed by atoms with E-state index in [4.69, 9.17) is 0 Å². The first-order valence-corrected chi connectivity index (χ1v) is 29.8. The Kier molecular flexibility index (Phi) is 11.3. The first-order valence-electron chi connectivity index (χ1n) is 24.7. The molecule has 0 spiro atoms. The van der Waals surface area contributed by atoms with Gasteiger partial charge in [0.15, 0.2) is 21.4 Å². The molecule has 0 fully saturated rings. The molecule has 0 atom stereocenters. The second kappa shape index (κ2) is 18.3. The van der Waals surface area contributed by atoms with Gasteiger partial charge in [-0.3, -0.25) is 0 Å². The molecule has 2 heterocycles. The van der Waals surface area contributed by atoms with Gasteiger partial charge in [-0.25, -0.2) is 0 Å². The summed E-state index contributed by atoms with van der Waals surface area (Å²) in [7, 11) is -10.0. The molecule has 5 nitrogen and oxygen atoms in total. The van der Waals surface area contributed by atoms with Crippen molar-refractivity contribution in [3.63, 3.8) is 0 Å². The number of fused-ring (bicyclic) bond motifs is 6. The lowest BCUT2D eigenvalue weighted by Gasteiger charge is -2.20. The largest absolute Gasteiger partial charge is 0.309 e. The standard InChI is InChI=1S/C66H47N2O3P3/c69-72(50-24-7-1-8-25-50,51-26-9-2-10-27-51)56-38-41-64-60(45-56)59-36-19-20-37-63(59)67(64)48-22-21-23-49(44-48)68-65-42-39-57(73(70,52-28-11-3-12-29-52)53-30-13-4-14-31-53)46-61(65)62-47-58(40-43-66(62)68)74(71,54-32-15-5-16-33-54)55-34-17-6-18-35-55/h1-47H. The summed E-state index contributed by atoms with van der Waals surface area (Å²) in [6, 6.07) is 94.5. The molecule has 0 N–H and O–H groups in total. The maximum Gasteiger partial charge on any atom is 0.171 e. The minimum absolute atomic E-state index is 0.712. The van der Waals surface area contributed by atoms with Gasteiger partial charge >= 0.3 is 0 Å². The van der Waals surface area contributed by atoms with Crippen LogP contribution in [0.25, 0.3) is 55.0 Å². The zero-order valence-corrected chi connectivity index (χ0v) is 42.8. The number of aromatic nitrogens is 2. The molecule has 0 bridgehead atoms. The van der Waals surface area contributed by atoms with E-state index in [-0.39, 0.29) is 0 Å². The molecule has 0 amide bonds. The molecule has 0 saturated carbocycles. The van der Waals surface area contributed by atoms with Gasteiger partial charge in [-0.15, -0.1) is 0 Å². The molecule has 354 valence electrons. The fourth-order valence-corrected chi connectivity index (χ4v) is 19.1. The molecule has 0 aliphatic carbocycles. The normalized spacial score (nSPS) is 12.2. The van der Waals surface area contributed by atoms with Gasteiger partial charge in [0, 0.05) is 80.7 Å². The van der Waals surface area contributed by atoms with Gasteiger partial charge in [-0.05, 0) is 78.9 Å². The number of hydrogen-bond acceptors (Lipinski definition) is 3. The van der Waals surface area contributed by atoms with E-state index in [1.165, 1.54) is 0 Å². The fraction of sp³-hybridized carbons (Fsp3) is 0. The van der Waals surface area contributed by atoms with E-state index >= 15 is 13.7 Å². The summed E-state index contributed by atoms with van der Waals surface area (Å²) < 4.78 is 52.3. The van der Waals surface area contributed by atoms with Crippen LogP contribution in [0.1, 0.15) is 0 Å². The summed E-state index contributed by atoms with van der Waals surface area (Å²) >= 11 is 0. The third kappa shape index (κ3) is 7.26. The van der Waals surface area contributed by atoms with Crippen LogP contribution in [0, 0.1) is 0 Å². The fourth-order valence-electron chi connectivity index (χ4n) is 11.0. The highest BCUT2D eigenvalue weighted by Gasteiger charge is 2.34. The zero-order chi connectivity index (χ0) is 49.9. The number of nitrogens with zero attached hydrogens (tertiary/aromatic N) is 2. The van der Waals surface area contributed by atoms with Crippen molar-refractivity contribution in [1.29, 1.82) is 0 Å². The monoisotopic (exact) mass is 1010 g/mol. The molecule has 0 aliphatic rings. The van der Waals surface area contributed by atoms with E-state index < -0.39 is 21.4 Å². The Morgan fingerprint density at radius 1 is 0.203 bits per heavy atom. The predicted molar refractivity (Wildman–Crippen MR) is 313 cm³/mol. The van der Waals surface area contributed by atoms with Crippen LogP contribution in [0.15, 0.2) is 285 Å². The van der Waals surface area contributed by atoms with Crippen LogP contribution < -0.4 is 47.7 Å². The molecule has 13 rings (SSSR count). The lowest BCUT2D eigenvalue weighted by molar-refractivity contribution is 0.591. The van der Waals surface area contributed by atoms with Crippen LogP contribution in [0.3, 0.4) is 0 Å². The molecule has 0 unspecified atom stereocenters. The molecular weight excluding hydrogens is 962 g/mol. The maximum atomic E-state index is 16.0. The molecule has 0 aliphatic heterocycles.